The van der Waals surface area contributed by atoms with E-state index in [1.807, 2.05) is 19.1 Å². The average Bonchev–Trinajstić information content (AvgIpc) is 2.83. The molecule has 21 heavy (non-hydrogen) atoms. The van der Waals surface area contributed by atoms with Crippen molar-refractivity contribution < 1.29 is 4.39 Å². The van der Waals surface area contributed by atoms with E-state index in [0.717, 1.165) is 35.8 Å². The summed E-state index contributed by atoms with van der Waals surface area (Å²) in [7, 11) is 0. The molecule has 0 aliphatic heterocycles. The van der Waals surface area contributed by atoms with Crippen LogP contribution in [-0.2, 0) is 6.54 Å². The standard InChI is InChI=1S/C17H23FN2S/c1-5-8-19-10-15-16(11(2)3)20-17(21-15)13-7-6-12(4)9-14(13)18/h6-7,9,11,19H,5,8,10H2,1-4H3. The number of aromatic nitrogens is 1. The topological polar surface area (TPSA) is 24.9 Å². The molecule has 0 amide bonds. The minimum absolute atomic E-state index is 0.188. The normalized spacial score (nSPS) is 11.3. The average molecular weight is 306 g/mol. The molecule has 0 unspecified atom stereocenters. The molecule has 0 aliphatic carbocycles. The molecule has 0 spiro atoms. The second-order valence-electron chi connectivity index (χ2n) is 5.64. The third kappa shape index (κ3) is 3.89. The van der Waals surface area contributed by atoms with Crippen molar-refractivity contribution in [2.45, 2.75) is 46.6 Å². The quantitative estimate of drug-likeness (QED) is 0.769. The van der Waals surface area contributed by atoms with Crippen molar-refractivity contribution in [2.24, 2.45) is 0 Å². The van der Waals surface area contributed by atoms with Gasteiger partial charge in [-0.2, -0.15) is 0 Å². The fourth-order valence-electron chi connectivity index (χ4n) is 2.23. The first-order valence-corrected chi connectivity index (χ1v) is 8.31. The number of halogens is 1. The van der Waals surface area contributed by atoms with Gasteiger partial charge in [-0.25, -0.2) is 9.37 Å². The van der Waals surface area contributed by atoms with E-state index in [9.17, 15) is 4.39 Å². The molecule has 114 valence electrons. The van der Waals surface area contributed by atoms with Crippen LogP contribution in [0.1, 0.15) is 49.2 Å². The van der Waals surface area contributed by atoms with Crippen LogP contribution in [0.5, 0.6) is 0 Å². The first-order chi connectivity index (χ1) is 10.0. The Labute approximate surface area is 130 Å². The van der Waals surface area contributed by atoms with E-state index in [1.54, 1.807) is 17.4 Å². The van der Waals surface area contributed by atoms with Crippen molar-refractivity contribution in [3.8, 4) is 10.6 Å². The molecule has 0 radical (unpaired) electrons. The van der Waals surface area contributed by atoms with E-state index < -0.39 is 0 Å². The number of hydrogen-bond donors (Lipinski definition) is 1. The van der Waals surface area contributed by atoms with Gasteiger partial charge in [-0.05, 0) is 43.5 Å². The highest BCUT2D eigenvalue weighted by Gasteiger charge is 2.17. The van der Waals surface area contributed by atoms with Crippen molar-refractivity contribution in [3.05, 3.63) is 40.2 Å². The van der Waals surface area contributed by atoms with Crippen molar-refractivity contribution >= 4 is 11.3 Å². The Balaban J connectivity index is 2.34. The number of nitrogens with one attached hydrogen (secondary N) is 1. The minimum atomic E-state index is -0.188. The Bertz CT molecular complexity index is 605. The SMILES string of the molecule is CCCNCc1sc(-c2ccc(C)cc2F)nc1C(C)C. The van der Waals surface area contributed by atoms with Gasteiger partial charge in [-0.1, -0.05) is 26.8 Å². The summed E-state index contributed by atoms with van der Waals surface area (Å²) in [5.41, 5.74) is 2.62. The van der Waals surface area contributed by atoms with Crippen LogP contribution in [0.25, 0.3) is 10.6 Å². The van der Waals surface area contributed by atoms with Crippen LogP contribution in [-0.4, -0.2) is 11.5 Å². The summed E-state index contributed by atoms with van der Waals surface area (Å²) >= 11 is 1.60. The Hall–Kier alpha value is -1.26. The van der Waals surface area contributed by atoms with E-state index >= 15 is 0 Å². The maximum atomic E-state index is 14.1. The zero-order valence-electron chi connectivity index (χ0n) is 13.2. The lowest BCUT2D eigenvalue weighted by molar-refractivity contribution is 0.630. The maximum absolute atomic E-state index is 14.1. The first-order valence-electron chi connectivity index (χ1n) is 7.49. The summed E-state index contributed by atoms with van der Waals surface area (Å²) < 4.78 is 14.1. The number of thiazole rings is 1. The van der Waals surface area contributed by atoms with Crippen LogP contribution in [0.4, 0.5) is 4.39 Å². The van der Waals surface area contributed by atoms with Crippen molar-refractivity contribution in [2.75, 3.05) is 6.54 Å². The molecular weight excluding hydrogens is 283 g/mol. The van der Waals surface area contributed by atoms with Crippen molar-refractivity contribution in [1.29, 1.82) is 0 Å². The monoisotopic (exact) mass is 306 g/mol. The highest BCUT2D eigenvalue weighted by Crippen LogP contribution is 2.33. The van der Waals surface area contributed by atoms with Crippen LogP contribution in [0.3, 0.4) is 0 Å². The van der Waals surface area contributed by atoms with Crippen LogP contribution < -0.4 is 5.32 Å². The number of benzene rings is 1. The Morgan fingerprint density at radius 2 is 2.10 bits per heavy atom. The molecule has 1 aromatic carbocycles. The molecule has 1 aromatic heterocycles. The second kappa shape index (κ2) is 7.14. The molecule has 0 saturated heterocycles. The van der Waals surface area contributed by atoms with Gasteiger partial charge >= 0.3 is 0 Å². The van der Waals surface area contributed by atoms with Crippen LogP contribution in [0.2, 0.25) is 0 Å². The van der Waals surface area contributed by atoms with Gasteiger partial charge in [0.1, 0.15) is 10.8 Å². The third-order valence-electron chi connectivity index (χ3n) is 3.34. The van der Waals surface area contributed by atoms with Crippen LogP contribution >= 0.6 is 11.3 Å². The number of rotatable bonds is 6. The molecule has 1 N–H and O–H groups in total. The zero-order valence-corrected chi connectivity index (χ0v) is 14.0. The van der Waals surface area contributed by atoms with Gasteiger partial charge in [-0.15, -0.1) is 11.3 Å². The maximum Gasteiger partial charge on any atom is 0.133 e. The van der Waals surface area contributed by atoms with Crippen molar-refractivity contribution in [1.82, 2.24) is 10.3 Å². The smallest absolute Gasteiger partial charge is 0.133 e. The lowest BCUT2D eigenvalue weighted by Crippen LogP contribution is -2.14. The van der Waals surface area contributed by atoms with E-state index in [-0.39, 0.29) is 5.82 Å². The molecular formula is C17H23FN2S. The number of hydrogen-bond acceptors (Lipinski definition) is 3. The van der Waals surface area contributed by atoms with Gasteiger partial charge in [0.25, 0.3) is 0 Å². The minimum Gasteiger partial charge on any atom is -0.312 e. The van der Waals surface area contributed by atoms with Gasteiger partial charge < -0.3 is 5.32 Å². The van der Waals surface area contributed by atoms with Gasteiger partial charge in [0.05, 0.1) is 5.69 Å². The van der Waals surface area contributed by atoms with E-state index in [1.165, 1.54) is 4.88 Å². The molecule has 0 bridgehead atoms. The number of nitrogens with zero attached hydrogens (tertiary/aromatic N) is 1. The molecule has 0 atom stereocenters. The highest BCUT2D eigenvalue weighted by atomic mass is 32.1. The fourth-order valence-corrected chi connectivity index (χ4v) is 3.44. The molecule has 0 aliphatic rings. The second-order valence-corrected chi connectivity index (χ2v) is 6.73. The number of aryl methyl sites for hydroxylation is 1. The molecule has 0 saturated carbocycles. The van der Waals surface area contributed by atoms with Gasteiger partial charge in [0.15, 0.2) is 0 Å². The first kappa shape index (κ1) is 16.1. The molecule has 2 aromatic rings. The summed E-state index contributed by atoms with van der Waals surface area (Å²) in [5, 5.41) is 4.19. The van der Waals surface area contributed by atoms with Gasteiger partial charge in [-0.3, -0.25) is 0 Å². The van der Waals surface area contributed by atoms with E-state index in [2.05, 4.69) is 31.1 Å². The Morgan fingerprint density at radius 3 is 2.71 bits per heavy atom. The highest BCUT2D eigenvalue weighted by molar-refractivity contribution is 7.15. The largest absolute Gasteiger partial charge is 0.312 e. The summed E-state index contributed by atoms with van der Waals surface area (Å²) in [4.78, 5) is 5.90. The summed E-state index contributed by atoms with van der Waals surface area (Å²) in [6.45, 7) is 10.1. The van der Waals surface area contributed by atoms with Crippen LogP contribution in [0, 0.1) is 12.7 Å². The molecule has 2 nitrogen and oxygen atoms in total. The Kier molecular flexibility index (Phi) is 5.48. The molecule has 4 heteroatoms. The Morgan fingerprint density at radius 1 is 1.33 bits per heavy atom. The molecule has 2 rings (SSSR count). The predicted molar refractivity (Wildman–Crippen MR) is 88.3 cm³/mol. The van der Waals surface area contributed by atoms with E-state index in [0.29, 0.717) is 11.5 Å². The van der Waals surface area contributed by atoms with Gasteiger partial charge in [0, 0.05) is 17.0 Å². The van der Waals surface area contributed by atoms with Gasteiger partial charge in [0.2, 0.25) is 0 Å². The molecule has 0 fully saturated rings. The zero-order chi connectivity index (χ0) is 15.4. The van der Waals surface area contributed by atoms with Crippen molar-refractivity contribution in [3.63, 3.8) is 0 Å². The van der Waals surface area contributed by atoms with Crippen LogP contribution in [0.15, 0.2) is 18.2 Å². The third-order valence-corrected chi connectivity index (χ3v) is 4.45. The summed E-state index contributed by atoms with van der Waals surface area (Å²) in [6.07, 6.45) is 1.11. The summed E-state index contributed by atoms with van der Waals surface area (Å²) in [5.74, 6) is 0.161. The lowest BCUT2D eigenvalue weighted by atomic mass is 10.1. The fraction of sp³-hybridized carbons (Fsp3) is 0.471. The predicted octanol–water partition coefficient (Wildman–Crippen LogP) is 4.88. The van der Waals surface area contributed by atoms with E-state index in [4.69, 9.17) is 0 Å². The summed E-state index contributed by atoms with van der Waals surface area (Å²) in [6, 6.07) is 5.33. The lowest BCUT2D eigenvalue weighted by Gasteiger charge is -2.05. The molecule has 1 heterocycles.